The van der Waals surface area contributed by atoms with Gasteiger partial charge in [0, 0.05) is 6.61 Å². The van der Waals surface area contributed by atoms with Crippen molar-refractivity contribution >= 4 is 17.4 Å². The Balaban J connectivity index is 1.98. The minimum Gasteiger partial charge on any atom is -0.366 e. The summed E-state index contributed by atoms with van der Waals surface area (Å²) in [5.41, 5.74) is 0.125. The number of rotatable bonds is 8. The molecule has 1 aliphatic heterocycles. The topological polar surface area (TPSA) is 106 Å². The zero-order chi connectivity index (χ0) is 17.9. The van der Waals surface area contributed by atoms with Crippen LogP contribution in [0.2, 0.25) is 0 Å². The van der Waals surface area contributed by atoms with Crippen LogP contribution in [0.4, 0.5) is 10.1 Å². The van der Waals surface area contributed by atoms with E-state index < -0.39 is 36.6 Å². The summed E-state index contributed by atoms with van der Waals surface area (Å²) in [5, 5.41) is 19.2. The van der Waals surface area contributed by atoms with Crippen molar-refractivity contribution in [1.29, 1.82) is 0 Å². The molecular weight excluding hydrogens is 325 g/mol. The minimum absolute atomic E-state index is 0.0664. The van der Waals surface area contributed by atoms with Crippen molar-refractivity contribution in [3.05, 3.63) is 29.6 Å². The Morgan fingerprint density at radius 2 is 1.96 bits per heavy atom. The number of carbonyl (C=O) groups is 2. The van der Waals surface area contributed by atoms with Crippen LogP contribution in [0.1, 0.15) is 24.2 Å². The van der Waals surface area contributed by atoms with Crippen LogP contribution in [-0.2, 0) is 19.0 Å². The van der Waals surface area contributed by atoms with Crippen LogP contribution in [0.3, 0.4) is 0 Å². The van der Waals surface area contributed by atoms with Crippen molar-refractivity contribution in [3.8, 4) is 0 Å². The molecule has 0 fully saturated rings. The maximum atomic E-state index is 13.2. The molecule has 3 atom stereocenters. The molecule has 0 bridgehead atoms. The molecule has 24 heavy (non-hydrogen) atoms. The van der Waals surface area contributed by atoms with Gasteiger partial charge in [0.1, 0.15) is 5.82 Å². The molecule has 9 heteroatoms. The highest BCUT2D eigenvalue weighted by Gasteiger charge is 2.37. The fraction of sp³-hybridized carbons (Fsp3) is 0.467. The number of fused-ring (bicyclic) bond motifs is 1. The van der Waals surface area contributed by atoms with Gasteiger partial charge in [0.25, 0.3) is 18.2 Å². The van der Waals surface area contributed by atoms with E-state index >= 15 is 0 Å². The zero-order valence-electron chi connectivity index (χ0n) is 13.1. The first-order chi connectivity index (χ1) is 11.3. The van der Waals surface area contributed by atoms with Crippen LogP contribution >= 0.6 is 0 Å². The number of nitrogens with zero attached hydrogens (tertiary/aromatic N) is 1. The number of carbonyl (C=O) groups excluding carboxylic acids is 2. The highest BCUT2D eigenvalue weighted by molar-refractivity contribution is 6.52. The lowest BCUT2D eigenvalue weighted by atomic mass is 10.1. The van der Waals surface area contributed by atoms with E-state index in [0.717, 1.165) is 17.0 Å². The van der Waals surface area contributed by atoms with Gasteiger partial charge in [0.15, 0.2) is 12.6 Å². The van der Waals surface area contributed by atoms with Gasteiger partial charge < -0.3 is 24.4 Å². The van der Waals surface area contributed by atoms with Gasteiger partial charge in [0.2, 0.25) is 0 Å². The van der Waals surface area contributed by atoms with E-state index in [2.05, 4.69) is 0 Å². The van der Waals surface area contributed by atoms with Gasteiger partial charge in [-0.15, -0.1) is 0 Å². The number of hydrogen-bond acceptors (Lipinski definition) is 7. The summed E-state index contributed by atoms with van der Waals surface area (Å²) in [6, 6.07) is 3.35. The molecule has 2 N–H and O–H groups in total. The molecular formula is C15H18FNO7. The molecule has 1 heterocycles. The Morgan fingerprint density at radius 3 is 2.62 bits per heavy atom. The number of amides is 1. The third kappa shape index (κ3) is 4.13. The van der Waals surface area contributed by atoms with Crippen LogP contribution < -0.4 is 4.90 Å². The number of ketones is 1. The van der Waals surface area contributed by atoms with E-state index in [4.69, 9.17) is 14.2 Å². The van der Waals surface area contributed by atoms with Crippen molar-refractivity contribution in [2.45, 2.75) is 32.9 Å². The van der Waals surface area contributed by atoms with E-state index in [1.54, 1.807) is 6.92 Å². The van der Waals surface area contributed by atoms with Gasteiger partial charge in [-0.3, -0.25) is 14.5 Å². The van der Waals surface area contributed by atoms with Crippen molar-refractivity contribution in [2.75, 3.05) is 18.1 Å². The first-order valence-corrected chi connectivity index (χ1v) is 7.27. The molecule has 0 radical (unpaired) electrons. The van der Waals surface area contributed by atoms with Crippen LogP contribution in [0.25, 0.3) is 0 Å². The van der Waals surface area contributed by atoms with Crippen LogP contribution in [-0.4, -0.2) is 54.1 Å². The average Bonchev–Trinajstić information content (AvgIpc) is 2.72. The van der Waals surface area contributed by atoms with Crippen LogP contribution in [0, 0.1) is 5.82 Å². The van der Waals surface area contributed by atoms with Crippen molar-refractivity contribution < 1.29 is 38.4 Å². The summed E-state index contributed by atoms with van der Waals surface area (Å²) < 4.78 is 27.9. The number of aliphatic hydroxyl groups is 2. The third-order valence-corrected chi connectivity index (χ3v) is 3.24. The summed E-state index contributed by atoms with van der Waals surface area (Å²) in [7, 11) is 0. The van der Waals surface area contributed by atoms with Crippen LogP contribution in [0.15, 0.2) is 18.2 Å². The zero-order valence-corrected chi connectivity index (χ0v) is 13.1. The number of aliphatic hydroxyl groups excluding tert-OH is 2. The molecule has 1 aromatic carbocycles. The molecule has 0 saturated carbocycles. The number of Topliss-reactive ketones (excluding diaryl/α,β-unsaturated/α-hetero) is 1. The molecule has 1 aromatic rings. The summed E-state index contributed by atoms with van der Waals surface area (Å²) in [4.78, 5) is 24.8. The number of benzene rings is 1. The van der Waals surface area contributed by atoms with Gasteiger partial charge in [-0.1, -0.05) is 0 Å². The molecule has 0 aromatic heterocycles. The fourth-order valence-corrected chi connectivity index (χ4v) is 2.25. The Labute approximate surface area is 137 Å². The molecule has 0 spiro atoms. The quantitative estimate of drug-likeness (QED) is 0.519. The number of anilines is 1. The third-order valence-electron chi connectivity index (χ3n) is 3.24. The Morgan fingerprint density at radius 1 is 1.25 bits per heavy atom. The Bertz CT molecular complexity index is 624. The summed E-state index contributed by atoms with van der Waals surface area (Å²) in [5.74, 6) is -2.38. The van der Waals surface area contributed by atoms with Crippen molar-refractivity contribution in [2.24, 2.45) is 0 Å². The maximum Gasteiger partial charge on any atom is 0.299 e. The number of hydrogen-bond donors (Lipinski definition) is 2. The second-order valence-electron chi connectivity index (χ2n) is 4.96. The maximum absolute atomic E-state index is 13.2. The molecule has 0 saturated heterocycles. The van der Waals surface area contributed by atoms with E-state index in [-0.39, 0.29) is 24.4 Å². The van der Waals surface area contributed by atoms with Crippen molar-refractivity contribution in [3.63, 3.8) is 0 Å². The number of ether oxygens (including phenoxy) is 3. The minimum atomic E-state index is -1.52. The lowest BCUT2D eigenvalue weighted by Crippen LogP contribution is -2.39. The summed E-state index contributed by atoms with van der Waals surface area (Å²) in [6.07, 6.45) is -2.54. The second-order valence-corrected chi connectivity index (χ2v) is 4.96. The van der Waals surface area contributed by atoms with Gasteiger partial charge >= 0.3 is 0 Å². The second kappa shape index (κ2) is 7.77. The van der Waals surface area contributed by atoms with E-state index in [1.807, 2.05) is 0 Å². The molecule has 1 amide bonds. The molecule has 2 rings (SSSR count). The van der Waals surface area contributed by atoms with Crippen molar-refractivity contribution in [1.82, 2.24) is 0 Å². The number of halogens is 1. The summed E-state index contributed by atoms with van der Waals surface area (Å²) >= 11 is 0. The highest BCUT2D eigenvalue weighted by atomic mass is 19.1. The largest absolute Gasteiger partial charge is 0.366 e. The molecule has 8 nitrogen and oxygen atoms in total. The fourth-order valence-electron chi connectivity index (χ4n) is 2.25. The predicted octanol–water partition coefficient (Wildman–Crippen LogP) is 0.365. The summed E-state index contributed by atoms with van der Waals surface area (Å²) in [6.45, 7) is 1.40. The SMILES string of the molecule is CCOC(O)OC(C)OC(O)CN1C(=O)C(=O)c2cc(F)ccc21. The first kappa shape index (κ1) is 18.4. The lowest BCUT2D eigenvalue weighted by Gasteiger charge is -2.24. The monoisotopic (exact) mass is 343 g/mol. The van der Waals surface area contributed by atoms with Gasteiger partial charge in [-0.25, -0.2) is 4.39 Å². The Kier molecular flexibility index (Phi) is 5.97. The highest BCUT2D eigenvalue weighted by Crippen LogP contribution is 2.29. The molecule has 132 valence electrons. The molecule has 0 aliphatic carbocycles. The van der Waals surface area contributed by atoms with E-state index in [9.17, 15) is 24.2 Å². The first-order valence-electron chi connectivity index (χ1n) is 7.27. The van der Waals surface area contributed by atoms with Gasteiger partial charge in [0.05, 0.1) is 17.8 Å². The van der Waals surface area contributed by atoms with E-state index in [0.29, 0.717) is 0 Å². The van der Waals surface area contributed by atoms with Crippen LogP contribution in [0.5, 0.6) is 0 Å². The van der Waals surface area contributed by atoms with E-state index in [1.165, 1.54) is 13.0 Å². The predicted molar refractivity (Wildman–Crippen MR) is 78.4 cm³/mol. The van der Waals surface area contributed by atoms with Gasteiger partial charge in [-0.2, -0.15) is 0 Å². The average molecular weight is 343 g/mol. The smallest absolute Gasteiger partial charge is 0.299 e. The normalized spacial score (nSPS) is 17.8. The van der Waals surface area contributed by atoms with Gasteiger partial charge in [-0.05, 0) is 32.0 Å². The lowest BCUT2D eigenvalue weighted by molar-refractivity contribution is -0.337. The Hall–Kier alpha value is -1.91. The number of β-amino-alcohol motifs (C(OH)–C–C–N with tert-alkyl or cyclic N) is 1. The molecule has 3 unspecified atom stereocenters. The standard InChI is InChI=1S/C15H18FNO7/c1-3-22-15(21)24-8(2)23-12(18)7-17-11-5-4-9(16)6-10(11)13(19)14(17)20/h4-6,8,12,15,18,21H,3,7H2,1-2H3. The molecule has 1 aliphatic rings.